The quantitative estimate of drug-likeness (QED) is 0.0262. The number of unbranched alkanes of at least 4 members (excludes halogenated alkanes) is 41. The van der Waals surface area contributed by atoms with Crippen molar-refractivity contribution in [3.63, 3.8) is 0 Å². The molecule has 6 nitrogen and oxygen atoms in total. The second-order valence-corrected chi connectivity index (χ2v) is 20.6. The maximum absolute atomic E-state index is 12.9. The summed E-state index contributed by atoms with van der Waals surface area (Å²) in [5.74, 6) is -0.858. The number of allylic oxidation sites excluding steroid dienone is 4. The second kappa shape index (κ2) is 57.5. The summed E-state index contributed by atoms with van der Waals surface area (Å²) in [7, 11) is 0. The van der Waals surface area contributed by atoms with Gasteiger partial charge in [0.25, 0.3) is 0 Å². The number of carbonyl (C=O) groups excluding carboxylic acids is 3. The minimum absolute atomic E-state index is 0.0704. The summed E-state index contributed by atoms with van der Waals surface area (Å²) < 4.78 is 16.9. The van der Waals surface area contributed by atoms with Crippen LogP contribution in [0.25, 0.3) is 0 Å². The first-order valence-electron chi connectivity index (χ1n) is 30.3. The van der Waals surface area contributed by atoms with Gasteiger partial charge in [0.05, 0.1) is 0 Å². The standard InChI is InChI=1S/C62H116O6/c1-4-7-10-13-16-19-22-25-27-29-31-33-34-37-40-43-46-49-52-55-61(64)67-58-59(57-66-60(63)54-51-48-45-42-39-36-24-21-18-15-12-9-6-3)68-62(65)56-53-50-47-44-41-38-35-32-30-28-26-23-20-17-14-11-8-5-2/h21,24-25,27,59H,4-20,22-23,26,28-58H2,1-3H3/b24-21-,27-25-/t59-/m1/s1. The van der Waals surface area contributed by atoms with Crippen molar-refractivity contribution in [1.82, 2.24) is 0 Å². The predicted molar refractivity (Wildman–Crippen MR) is 293 cm³/mol. The van der Waals surface area contributed by atoms with Crippen molar-refractivity contribution < 1.29 is 28.6 Å². The van der Waals surface area contributed by atoms with Gasteiger partial charge in [-0.15, -0.1) is 0 Å². The third-order valence-corrected chi connectivity index (χ3v) is 13.7. The number of rotatable bonds is 56. The van der Waals surface area contributed by atoms with Crippen LogP contribution < -0.4 is 0 Å². The van der Waals surface area contributed by atoms with Crippen molar-refractivity contribution >= 4 is 17.9 Å². The van der Waals surface area contributed by atoms with Crippen LogP contribution in [0.5, 0.6) is 0 Å². The van der Waals surface area contributed by atoms with Crippen LogP contribution >= 0.6 is 0 Å². The largest absolute Gasteiger partial charge is 0.462 e. The maximum atomic E-state index is 12.9. The molecule has 0 saturated heterocycles. The Morgan fingerprint density at radius 2 is 0.485 bits per heavy atom. The van der Waals surface area contributed by atoms with E-state index in [-0.39, 0.29) is 31.1 Å². The molecule has 0 aromatic carbocycles. The Hall–Kier alpha value is -2.11. The molecule has 0 aliphatic rings. The summed E-state index contributed by atoms with van der Waals surface area (Å²) in [5, 5.41) is 0. The van der Waals surface area contributed by atoms with Crippen LogP contribution in [0.2, 0.25) is 0 Å². The normalized spacial score (nSPS) is 12.1. The molecule has 0 radical (unpaired) electrons. The van der Waals surface area contributed by atoms with Crippen molar-refractivity contribution in [3.8, 4) is 0 Å². The van der Waals surface area contributed by atoms with E-state index in [2.05, 4.69) is 45.1 Å². The Bertz CT molecular complexity index is 1100. The van der Waals surface area contributed by atoms with Crippen molar-refractivity contribution in [2.45, 2.75) is 341 Å². The maximum Gasteiger partial charge on any atom is 0.306 e. The molecule has 0 aliphatic carbocycles. The van der Waals surface area contributed by atoms with E-state index in [1.807, 2.05) is 0 Å². The summed E-state index contributed by atoms with van der Waals surface area (Å²) in [4.78, 5) is 38.2. The number of hydrogen-bond donors (Lipinski definition) is 0. The zero-order valence-corrected chi connectivity index (χ0v) is 45.9. The minimum atomic E-state index is -0.772. The van der Waals surface area contributed by atoms with Gasteiger partial charge in [-0.2, -0.15) is 0 Å². The molecule has 0 aromatic heterocycles. The van der Waals surface area contributed by atoms with Gasteiger partial charge in [-0.3, -0.25) is 14.4 Å². The lowest BCUT2D eigenvalue weighted by molar-refractivity contribution is -0.167. The van der Waals surface area contributed by atoms with Gasteiger partial charge in [-0.25, -0.2) is 0 Å². The average molecular weight is 958 g/mol. The summed E-state index contributed by atoms with van der Waals surface area (Å²) in [6.07, 6.45) is 67.4. The minimum Gasteiger partial charge on any atom is -0.462 e. The molecule has 0 spiro atoms. The molecule has 0 unspecified atom stereocenters. The van der Waals surface area contributed by atoms with Gasteiger partial charge < -0.3 is 14.2 Å². The van der Waals surface area contributed by atoms with Crippen molar-refractivity contribution in [2.75, 3.05) is 13.2 Å². The molecule has 0 amide bonds. The van der Waals surface area contributed by atoms with Crippen LogP contribution in [-0.2, 0) is 28.6 Å². The highest BCUT2D eigenvalue weighted by atomic mass is 16.6. The third-order valence-electron chi connectivity index (χ3n) is 13.7. The van der Waals surface area contributed by atoms with Crippen LogP contribution in [0, 0.1) is 0 Å². The van der Waals surface area contributed by atoms with Crippen LogP contribution in [-0.4, -0.2) is 37.2 Å². The molecule has 0 bridgehead atoms. The number of hydrogen-bond acceptors (Lipinski definition) is 6. The molecular formula is C62H116O6. The van der Waals surface area contributed by atoms with Gasteiger partial charge in [-0.1, -0.05) is 270 Å². The van der Waals surface area contributed by atoms with Crippen LogP contribution in [0.15, 0.2) is 24.3 Å². The zero-order chi connectivity index (χ0) is 49.3. The molecule has 0 fully saturated rings. The Morgan fingerprint density at radius 3 is 0.750 bits per heavy atom. The fraction of sp³-hybridized carbons (Fsp3) is 0.887. The molecule has 400 valence electrons. The van der Waals surface area contributed by atoms with Crippen molar-refractivity contribution in [2.24, 2.45) is 0 Å². The zero-order valence-electron chi connectivity index (χ0n) is 45.9. The van der Waals surface area contributed by atoms with E-state index in [0.717, 1.165) is 64.2 Å². The highest BCUT2D eigenvalue weighted by Gasteiger charge is 2.19. The molecule has 1 atom stereocenters. The fourth-order valence-corrected chi connectivity index (χ4v) is 9.08. The highest BCUT2D eigenvalue weighted by Crippen LogP contribution is 2.17. The van der Waals surface area contributed by atoms with Crippen molar-refractivity contribution in [1.29, 1.82) is 0 Å². The first-order chi connectivity index (χ1) is 33.5. The van der Waals surface area contributed by atoms with Crippen LogP contribution in [0.4, 0.5) is 0 Å². The second-order valence-electron chi connectivity index (χ2n) is 20.6. The molecule has 6 heteroatoms. The molecule has 0 aromatic rings. The van der Waals surface area contributed by atoms with E-state index in [4.69, 9.17) is 14.2 Å². The highest BCUT2D eigenvalue weighted by molar-refractivity contribution is 5.71. The lowest BCUT2D eigenvalue weighted by Gasteiger charge is -2.18. The van der Waals surface area contributed by atoms with E-state index < -0.39 is 6.10 Å². The first kappa shape index (κ1) is 65.9. The molecular weight excluding hydrogens is 841 g/mol. The molecule has 0 N–H and O–H groups in total. The molecule has 0 saturated carbocycles. The predicted octanol–water partition coefficient (Wildman–Crippen LogP) is 20.3. The number of ether oxygens (including phenoxy) is 3. The van der Waals surface area contributed by atoms with Gasteiger partial charge in [0, 0.05) is 19.3 Å². The summed E-state index contributed by atoms with van der Waals surface area (Å²) in [6.45, 7) is 6.67. The Balaban J connectivity index is 4.30. The molecule has 68 heavy (non-hydrogen) atoms. The lowest BCUT2D eigenvalue weighted by atomic mass is 10.0. The Kier molecular flexibility index (Phi) is 55.7. The lowest BCUT2D eigenvalue weighted by Crippen LogP contribution is -2.30. The van der Waals surface area contributed by atoms with Crippen LogP contribution in [0.1, 0.15) is 335 Å². The number of carbonyl (C=O) groups is 3. The van der Waals surface area contributed by atoms with Gasteiger partial charge in [-0.05, 0) is 70.6 Å². The monoisotopic (exact) mass is 957 g/mol. The van der Waals surface area contributed by atoms with E-state index in [9.17, 15) is 14.4 Å². The van der Waals surface area contributed by atoms with Gasteiger partial charge >= 0.3 is 17.9 Å². The van der Waals surface area contributed by atoms with Gasteiger partial charge in [0.2, 0.25) is 0 Å². The summed E-state index contributed by atoms with van der Waals surface area (Å²) >= 11 is 0. The third kappa shape index (κ3) is 54.8. The topological polar surface area (TPSA) is 78.9 Å². The van der Waals surface area contributed by atoms with E-state index in [1.54, 1.807) is 0 Å². The van der Waals surface area contributed by atoms with E-state index in [0.29, 0.717) is 19.3 Å². The van der Waals surface area contributed by atoms with E-state index >= 15 is 0 Å². The smallest absolute Gasteiger partial charge is 0.306 e. The van der Waals surface area contributed by atoms with Crippen molar-refractivity contribution in [3.05, 3.63) is 24.3 Å². The molecule has 0 rings (SSSR count). The average Bonchev–Trinajstić information content (AvgIpc) is 3.34. The van der Waals surface area contributed by atoms with E-state index in [1.165, 1.54) is 231 Å². The van der Waals surface area contributed by atoms with Gasteiger partial charge in [0.15, 0.2) is 6.10 Å². The fourth-order valence-electron chi connectivity index (χ4n) is 9.08. The SMILES string of the molecule is CCCCCC/C=C\CCCCCCCC(=O)OC[C@H](COC(=O)CCCCCCCCCCC/C=C\CCCCCCCC)OC(=O)CCCCCCCCCCCCCCCCCCCC. The summed E-state index contributed by atoms with van der Waals surface area (Å²) in [5.41, 5.74) is 0. The Labute approximate surface area is 423 Å². The van der Waals surface area contributed by atoms with Gasteiger partial charge in [0.1, 0.15) is 13.2 Å². The Morgan fingerprint density at radius 1 is 0.279 bits per heavy atom. The van der Waals surface area contributed by atoms with Crippen LogP contribution in [0.3, 0.4) is 0 Å². The summed E-state index contributed by atoms with van der Waals surface area (Å²) in [6, 6.07) is 0. The number of esters is 3. The first-order valence-corrected chi connectivity index (χ1v) is 30.3. The molecule has 0 heterocycles. The molecule has 0 aliphatic heterocycles.